The largest absolute Gasteiger partial charge is 0.373 e. The molecule has 90 valence electrons. The van der Waals surface area contributed by atoms with Crippen LogP contribution in [0.5, 0.6) is 0 Å². The Morgan fingerprint density at radius 1 is 1.62 bits per heavy atom. The summed E-state index contributed by atoms with van der Waals surface area (Å²) in [4.78, 5) is 0. The molecule has 0 unspecified atom stereocenters. The van der Waals surface area contributed by atoms with Gasteiger partial charge in [-0.05, 0) is 19.9 Å². The molecule has 16 heavy (non-hydrogen) atoms. The molecule has 1 N–H and O–H groups in total. The summed E-state index contributed by atoms with van der Waals surface area (Å²) in [5, 5.41) is 7.12. The highest BCUT2D eigenvalue weighted by molar-refractivity contribution is 5.04. The third-order valence-electron chi connectivity index (χ3n) is 2.08. The van der Waals surface area contributed by atoms with Crippen LogP contribution in [0.15, 0.2) is 22.7 Å². The molecule has 4 heteroatoms. The Hall–Kier alpha value is -1.13. The van der Waals surface area contributed by atoms with E-state index in [1.165, 1.54) is 0 Å². The van der Waals surface area contributed by atoms with E-state index < -0.39 is 0 Å². The molecule has 0 radical (unpaired) electrons. The Morgan fingerprint density at radius 2 is 2.44 bits per heavy atom. The second kappa shape index (κ2) is 7.19. The predicted octanol–water partition coefficient (Wildman–Crippen LogP) is 2.27. The van der Waals surface area contributed by atoms with Crippen LogP contribution in [0.4, 0.5) is 0 Å². The van der Waals surface area contributed by atoms with Crippen LogP contribution in [-0.2, 0) is 17.9 Å². The Labute approximate surface area is 96.7 Å². The van der Waals surface area contributed by atoms with E-state index >= 15 is 0 Å². The van der Waals surface area contributed by atoms with Gasteiger partial charge in [0.2, 0.25) is 0 Å². The van der Waals surface area contributed by atoms with Crippen LogP contribution in [0, 0.1) is 0 Å². The summed E-state index contributed by atoms with van der Waals surface area (Å²) in [6.07, 6.45) is 0.887. The van der Waals surface area contributed by atoms with Gasteiger partial charge >= 0.3 is 0 Å². The third kappa shape index (κ3) is 5.09. The molecule has 0 amide bonds. The standard InChI is InChI=1S/C12H20N2O2/c1-4-13-8-11-7-12(16-14-11)9-15-6-5-10(2)3/h7,13H,2,4-6,8-9H2,1,3H3. The zero-order chi connectivity index (χ0) is 11.8. The first-order valence-corrected chi connectivity index (χ1v) is 5.59. The Morgan fingerprint density at radius 3 is 3.12 bits per heavy atom. The van der Waals surface area contributed by atoms with Gasteiger partial charge < -0.3 is 14.6 Å². The molecule has 0 aliphatic rings. The number of nitrogens with zero attached hydrogens (tertiary/aromatic N) is 1. The molecule has 0 bridgehead atoms. The fraction of sp³-hybridized carbons (Fsp3) is 0.583. The summed E-state index contributed by atoms with van der Waals surface area (Å²) in [7, 11) is 0. The van der Waals surface area contributed by atoms with Crippen molar-refractivity contribution in [1.29, 1.82) is 0 Å². The molecule has 0 saturated heterocycles. The van der Waals surface area contributed by atoms with Gasteiger partial charge in [0.05, 0.1) is 12.3 Å². The first kappa shape index (κ1) is 12.9. The quantitative estimate of drug-likeness (QED) is 0.543. The molecule has 1 rings (SSSR count). The number of hydrogen-bond acceptors (Lipinski definition) is 4. The summed E-state index contributed by atoms with van der Waals surface area (Å²) in [6.45, 7) is 10.7. The van der Waals surface area contributed by atoms with Crippen molar-refractivity contribution in [2.24, 2.45) is 0 Å². The van der Waals surface area contributed by atoms with Crippen molar-refractivity contribution in [2.75, 3.05) is 13.2 Å². The van der Waals surface area contributed by atoms with Gasteiger partial charge in [-0.2, -0.15) is 0 Å². The third-order valence-corrected chi connectivity index (χ3v) is 2.08. The summed E-state index contributed by atoms with van der Waals surface area (Å²) in [6, 6.07) is 1.92. The smallest absolute Gasteiger partial charge is 0.162 e. The Balaban J connectivity index is 2.21. The van der Waals surface area contributed by atoms with Gasteiger partial charge in [0.1, 0.15) is 6.61 Å². The van der Waals surface area contributed by atoms with E-state index in [1.54, 1.807) is 0 Å². The van der Waals surface area contributed by atoms with E-state index in [0.717, 1.165) is 36.5 Å². The maximum Gasteiger partial charge on any atom is 0.162 e. The second-order valence-corrected chi connectivity index (χ2v) is 3.82. The lowest BCUT2D eigenvalue weighted by Gasteiger charge is -2.00. The minimum atomic E-state index is 0.479. The number of ether oxygens (including phenoxy) is 1. The van der Waals surface area contributed by atoms with Crippen LogP contribution >= 0.6 is 0 Å². The minimum Gasteiger partial charge on any atom is -0.373 e. The molecule has 0 atom stereocenters. The summed E-state index contributed by atoms with van der Waals surface area (Å²) < 4.78 is 10.6. The number of hydrogen-bond donors (Lipinski definition) is 1. The minimum absolute atomic E-state index is 0.479. The van der Waals surface area contributed by atoms with Crippen LogP contribution in [0.3, 0.4) is 0 Å². The molecule has 1 aromatic heterocycles. The average molecular weight is 224 g/mol. The first-order valence-electron chi connectivity index (χ1n) is 5.59. The number of rotatable bonds is 8. The maximum absolute atomic E-state index is 5.43. The zero-order valence-electron chi connectivity index (χ0n) is 10.1. The van der Waals surface area contributed by atoms with Gasteiger partial charge in [0, 0.05) is 12.6 Å². The van der Waals surface area contributed by atoms with Crippen molar-refractivity contribution >= 4 is 0 Å². The van der Waals surface area contributed by atoms with Gasteiger partial charge in [-0.15, -0.1) is 6.58 Å². The van der Waals surface area contributed by atoms with Gasteiger partial charge in [-0.1, -0.05) is 17.7 Å². The molecule has 1 heterocycles. The average Bonchev–Trinajstić information content (AvgIpc) is 2.69. The number of aromatic nitrogens is 1. The molecule has 4 nitrogen and oxygen atoms in total. The van der Waals surface area contributed by atoms with Crippen molar-refractivity contribution in [3.05, 3.63) is 29.7 Å². The lowest BCUT2D eigenvalue weighted by Crippen LogP contribution is -2.11. The van der Waals surface area contributed by atoms with Crippen LogP contribution in [0.1, 0.15) is 31.7 Å². The molecule has 1 aromatic rings. The summed E-state index contributed by atoms with van der Waals surface area (Å²) >= 11 is 0. The van der Waals surface area contributed by atoms with Crippen molar-refractivity contribution in [3.8, 4) is 0 Å². The molecule has 0 aromatic carbocycles. The van der Waals surface area contributed by atoms with Crippen LogP contribution in [0.2, 0.25) is 0 Å². The summed E-state index contributed by atoms with van der Waals surface area (Å²) in [5.41, 5.74) is 2.05. The SMILES string of the molecule is C=C(C)CCOCc1cc(CNCC)no1. The highest BCUT2D eigenvalue weighted by Crippen LogP contribution is 2.06. The molecule has 0 saturated carbocycles. The van der Waals surface area contributed by atoms with E-state index in [-0.39, 0.29) is 0 Å². The van der Waals surface area contributed by atoms with Crippen molar-refractivity contribution < 1.29 is 9.26 Å². The molecular weight excluding hydrogens is 204 g/mol. The first-order chi connectivity index (χ1) is 7.72. The van der Waals surface area contributed by atoms with Gasteiger partial charge in [0.25, 0.3) is 0 Å². The monoisotopic (exact) mass is 224 g/mol. The Bertz CT molecular complexity index is 321. The van der Waals surface area contributed by atoms with Gasteiger partial charge in [-0.3, -0.25) is 0 Å². The van der Waals surface area contributed by atoms with E-state index in [1.807, 2.05) is 13.0 Å². The lowest BCUT2D eigenvalue weighted by atomic mass is 10.3. The Kier molecular flexibility index (Phi) is 5.82. The fourth-order valence-electron chi connectivity index (χ4n) is 1.18. The lowest BCUT2D eigenvalue weighted by molar-refractivity contribution is 0.104. The topological polar surface area (TPSA) is 47.3 Å². The van der Waals surface area contributed by atoms with Crippen LogP contribution in [0.25, 0.3) is 0 Å². The second-order valence-electron chi connectivity index (χ2n) is 3.82. The molecule has 0 spiro atoms. The molecular formula is C12H20N2O2. The van der Waals surface area contributed by atoms with Gasteiger partial charge in [-0.25, -0.2) is 0 Å². The maximum atomic E-state index is 5.43. The fourth-order valence-corrected chi connectivity index (χ4v) is 1.18. The highest BCUT2D eigenvalue weighted by Gasteiger charge is 2.03. The van der Waals surface area contributed by atoms with Crippen molar-refractivity contribution in [1.82, 2.24) is 10.5 Å². The summed E-state index contributed by atoms with van der Waals surface area (Å²) in [5.74, 6) is 0.773. The van der Waals surface area contributed by atoms with E-state index in [2.05, 4.69) is 24.0 Å². The molecule has 0 fully saturated rings. The zero-order valence-corrected chi connectivity index (χ0v) is 10.1. The van der Waals surface area contributed by atoms with E-state index in [9.17, 15) is 0 Å². The van der Waals surface area contributed by atoms with E-state index in [4.69, 9.17) is 9.26 Å². The molecule has 0 aliphatic heterocycles. The number of nitrogens with one attached hydrogen (secondary N) is 1. The highest BCUT2D eigenvalue weighted by atomic mass is 16.5. The molecule has 0 aliphatic carbocycles. The normalized spacial score (nSPS) is 10.6. The van der Waals surface area contributed by atoms with Crippen LogP contribution in [-0.4, -0.2) is 18.3 Å². The van der Waals surface area contributed by atoms with Crippen molar-refractivity contribution in [3.63, 3.8) is 0 Å². The predicted molar refractivity (Wildman–Crippen MR) is 63.0 cm³/mol. The van der Waals surface area contributed by atoms with Gasteiger partial charge in [0.15, 0.2) is 5.76 Å². The van der Waals surface area contributed by atoms with Crippen molar-refractivity contribution in [2.45, 2.75) is 33.4 Å². The van der Waals surface area contributed by atoms with E-state index in [0.29, 0.717) is 13.2 Å². The van der Waals surface area contributed by atoms with Crippen LogP contribution < -0.4 is 5.32 Å².